The number of carbonyl (C=O) groups is 2. The zero-order valence-electron chi connectivity index (χ0n) is 10.3. The standard InChI is InChI=1S/C12H16F3NO3/c13-12(14,15)11(19)16-4-3-7-5-8(10(17)18)1-2-9(7)6-16/h7-9H,1-6H2,(H,17,18). The van der Waals surface area contributed by atoms with Crippen LogP contribution in [0, 0.1) is 17.8 Å². The van der Waals surface area contributed by atoms with Crippen LogP contribution >= 0.6 is 0 Å². The Labute approximate surface area is 108 Å². The van der Waals surface area contributed by atoms with Crippen molar-refractivity contribution >= 4 is 11.9 Å². The number of hydrogen-bond acceptors (Lipinski definition) is 2. The molecule has 0 bridgehead atoms. The molecule has 19 heavy (non-hydrogen) atoms. The zero-order valence-corrected chi connectivity index (χ0v) is 10.3. The molecule has 7 heteroatoms. The minimum atomic E-state index is -4.81. The molecule has 0 spiro atoms. The van der Waals surface area contributed by atoms with Crippen molar-refractivity contribution in [1.82, 2.24) is 4.90 Å². The van der Waals surface area contributed by atoms with Gasteiger partial charge in [0.2, 0.25) is 0 Å². The van der Waals surface area contributed by atoms with Gasteiger partial charge in [0.25, 0.3) is 0 Å². The van der Waals surface area contributed by atoms with Crippen LogP contribution in [0.3, 0.4) is 0 Å². The van der Waals surface area contributed by atoms with Crippen molar-refractivity contribution in [3.63, 3.8) is 0 Å². The van der Waals surface area contributed by atoms with Gasteiger partial charge in [-0.15, -0.1) is 0 Å². The number of likely N-dealkylation sites (tertiary alicyclic amines) is 1. The van der Waals surface area contributed by atoms with Gasteiger partial charge >= 0.3 is 18.1 Å². The molecule has 0 radical (unpaired) electrons. The van der Waals surface area contributed by atoms with Crippen LogP contribution in [0.2, 0.25) is 0 Å². The predicted octanol–water partition coefficient (Wildman–Crippen LogP) is 1.90. The van der Waals surface area contributed by atoms with Gasteiger partial charge in [0.15, 0.2) is 0 Å². The van der Waals surface area contributed by atoms with Crippen molar-refractivity contribution in [2.75, 3.05) is 13.1 Å². The lowest BCUT2D eigenvalue weighted by Gasteiger charge is -2.42. The normalized spacial score (nSPS) is 31.7. The summed E-state index contributed by atoms with van der Waals surface area (Å²) in [4.78, 5) is 23.0. The molecule has 0 aromatic carbocycles. The van der Waals surface area contributed by atoms with Crippen LogP contribution in [-0.4, -0.2) is 41.1 Å². The number of amides is 1. The smallest absolute Gasteiger partial charge is 0.471 e. The maximum absolute atomic E-state index is 12.4. The molecule has 0 aromatic rings. The molecule has 0 aromatic heterocycles. The second-order valence-corrected chi connectivity index (χ2v) is 5.41. The number of alkyl halides is 3. The first-order chi connectivity index (χ1) is 8.79. The van der Waals surface area contributed by atoms with Crippen LogP contribution in [-0.2, 0) is 9.59 Å². The Bertz CT molecular complexity index is 383. The number of hydrogen-bond donors (Lipinski definition) is 1. The molecule has 1 aliphatic heterocycles. The molecule has 1 amide bonds. The Balaban J connectivity index is 1.96. The highest BCUT2D eigenvalue weighted by Crippen LogP contribution is 2.39. The molecule has 3 atom stereocenters. The monoisotopic (exact) mass is 279 g/mol. The second-order valence-electron chi connectivity index (χ2n) is 5.41. The molecule has 1 saturated carbocycles. The van der Waals surface area contributed by atoms with Gasteiger partial charge in [-0.2, -0.15) is 13.2 Å². The molecule has 2 fully saturated rings. The molecule has 1 saturated heterocycles. The van der Waals surface area contributed by atoms with Crippen LogP contribution in [0.4, 0.5) is 13.2 Å². The fraction of sp³-hybridized carbons (Fsp3) is 0.833. The maximum Gasteiger partial charge on any atom is 0.471 e. The van der Waals surface area contributed by atoms with Gasteiger partial charge in [-0.05, 0) is 37.5 Å². The molecule has 4 nitrogen and oxygen atoms in total. The van der Waals surface area contributed by atoms with Gasteiger partial charge in [-0.25, -0.2) is 0 Å². The zero-order chi connectivity index (χ0) is 14.2. The lowest BCUT2D eigenvalue weighted by atomic mass is 9.71. The van der Waals surface area contributed by atoms with Crippen LogP contribution in [0.15, 0.2) is 0 Å². The third kappa shape index (κ3) is 3.01. The quantitative estimate of drug-likeness (QED) is 0.797. The van der Waals surface area contributed by atoms with Crippen LogP contribution < -0.4 is 0 Å². The first kappa shape index (κ1) is 14.1. The lowest BCUT2D eigenvalue weighted by molar-refractivity contribution is -0.188. The number of carboxylic acids is 1. The Morgan fingerprint density at radius 3 is 2.37 bits per heavy atom. The lowest BCUT2D eigenvalue weighted by Crippen LogP contribution is -2.50. The molecule has 2 aliphatic rings. The van der Waals surface area contributed by atoms with Crippen molar-refractivity contribution in [2.45, 2.75) is 31.9 Å². The molecule has 1 heterocycles. The molecule has 1 N–H and O–H groups in total. The van der Waals surface area contributed by atoms with E-state index >= 15 is 0 Å². The summed E-state index contributed by atoms with van der Waals surface area (Å²) in [6.07, 6.45) is -2.75. The number of aliphatic carboxylic acids is 1. The molecule has 1 aliphatic carbocycles. The Hall–Kier alpha value is -1.27. The summed E-state index contributed by atoms with van der Waals surface area (Å²) in [6.45, 7) is 0.182. The van der Waals surface area contributed by atoms with Crippen molar-refractivity contribution in [2.24, 2.45) is 17.8 Å². The van der Waals surface area contributed by atoms with Crippen molar-refractivity contribution < 1.29 is 27.9 Å². The SMILES string of the molecule is O=C(O)C1CCC2CN(C(=O)C(F)(F)F)CCC2C1. The van der Waals surface area contributed by atoms with Gasteiger partial charge in [0, 0.05) is 13.1 Å². The number of nitrogens with zero attached hydrogens (tertiary/aromatic N) is 1. The Morgan fingerprint density at radius 2 is 1.79 bits per heavy atom. The van der Waals surface area contributed by atoms with Gasteiger partial charge in [0.1, 0.15) is 0 Å². The molecule has 108 valence electrons. The number of piperidine rings is 1. The van der Waals surface area contributed by atoms with E-state index < -0.39 is 18.1 Å². The average Bonchev–Trinajstić information content (AvgIpc) is 2.35. The Kier molecular flexibility index (Phi) is 3.73. The number of carbonyl (C=O) groups excluding carboxylic acids is 1. The van der Waals surface area contributed by atoms with Crippen molar-refractivity contribution in [3.8, 4) is 0 Å². The van der Waals surface area contributed by atoms with Gasteiger partial charge in [0.05, 0.1) is 5.92 Å². The van der Waals surface area contributed by atoms with E-state index in [0.717, 1.165) is 4.90 Å². The number of rotatable bonds is 1. The van der Waals surface area contributed by atoms with Crippen LogP contribution in [0.25, 0.3) is 0 Å². The van der Waals surface area contributed by atoms with E-state index in [4.69, 9.17) is 5.11 Å². The van der Waals surface area contributed by atoms with Crippen molar-refractivity contribution in [3.05, 3.63) is 0 Å². The largest absolute Gasteiger partial charge is 0.481 e. The van der Waals surface area contributed by atoms with E-state index in [1.165, 1.54) is 0 Å². The summed E-state index contributed by atoms with van der Waals surface area (Å²) >= 11 is 0. The first-order valence-electron chi connectivity index (χ1n) is 6.38. The first-order valence-corrected chi connectivity index (χ1v) is 6.38. The van der Waals surface area contributed by atoms with E-state index in [2.05, 4.69) is 0 Å². The fourth-order valence-electron chi connectivity index (χ4n) is 3.20. The average molecular weight is 279 g/mol. The topological polar surface area (TPSA) is 57.6 Å². The summed E-state index contributed by atoms with van der Waals surface area (Å²) in [7, 11) is 0. The number of halogens is 3. The van der Waals surface area contributed by atoms with Gasteiger partial charge < -0.3 is 10.0 Å². The van der Waals surface area contributed by atoms with E-state index in [1.807, 2.05) is 0 Å². The molecule has 3 unspecified atom stereocenters. The summed E-state index contributed by atoms with van der Waals surface area (Å²) in [5, 5.41) is 8.96. The summed E-state index contributed by atoms with van der Waals surface area (Å²) < 4.78 is 37.1. The van der Waals surface area contributed by atoms with Crippen molar-refractivity contribution in [1.29, 1.82) is 0 Å². The third-order valence-corrected chi connectivity index (χ3v) is 4.24. The van der Waals surface area contributed by atoms with Gasteiger partial charge in [-0.3, -0.25) is 9.59 Å². The predicted molar refractivity (Wildman–Crippen MR) is 59.2 cm³/mol. The van der Waals surface area contributed by atoms with E-state index in [-0.39, 0.29) is 30.8 Å². The second kappa shape index (κ2) is 5.02. The Morgan fingerprint density at radius 1 is 1.11 bits per heavy atom. The third-order valence-electron chi connectivity index (χ3n) is 4.24. The summed E-state index contributed by atoms with van der Waals surface area (Å²) in [5.41, 5.74) is 0. The molecule has 2 rings (SSSR count). The van der Waals surface area contributed by atoms with Crippen LogP contribution in [0.5, 0.6) is 0 Å². The summed E-state index contributed by atoms with van der Waals surface area (Å²) in [6, 6.07) is 0. The number of fused-ring (bicyclic) bond motifs is 1. The van der Waals surface area contributed by atoms with Crippen LogP contribution in [0.1, 0.15) is 25.7 Å². The molecular formula is C12H16F3NO3. The summed E-state index contributed by atoms with van der Waals surface area (Å²) in [5.74, 6) is -2.84. The highest BCUT2D eigenvalue weighted by molar-refractivity contribution is 5.82. The van der Waals surface area contributed by atoms with Gasteiger partial charge in [-0.1, -0.05) is 0 Å². The highest BCUT2D eigenvalue weighted by Gasteiger charge is 2.46. The van der Waals surface area contributed by atoms with E-state index in [9.17, 15) is 22.8 Å². The van der Waals surface area contributed by atoms with E-state index in [1.54, 1.807) is 0 Å². The minimum absolute atomic E-state index is 0.00986. The molecular weight excluding hydrogens is 263 g/mol. The number of carboxylic acid groups (broad SMARTS) is 1. The maximum atomic E-state index is 12.4. The highest BCUT2D eigenvalue weighted by atomic mass is 19.4. The van der Waals surface area contributed by atoms with E-state index in [0.29, 0.717) is 25.7 Å². The fourth-order valence-corrected chi connectivity index (χ4v) is 3.20. The minimum Gasteiger partial charge on any atom is -0.481 e.